The minimum atomic E-state index is -0.660. The Balaban J connectivity index is 1.77. The average molecular weight is 478 g/mol. The lowest BCUT2D eigenvalue weighted by atomic mass is 9.93. The number of carbonyl (C=O) groups excluding carboxylic acids is 1. The molecule has 0 bridgehead atoms. The summed E-state index contributed by atoms with van der Waals surface area (Å²) in [6.45, 7) is 1.26. The molecule has 1 aliphatic rings. The van der Waals surface area contributed by atoms with E-state index in [9.17, 15) is 4.79 Å². The number of hydrogen-bond acceptors (Lipinski definition) is 4. The van der Waals surface area contributed by atoms with E-state index in [-0.39, 0.29) is 5.97 Å². The van der Waals surface area contributed by atoms with E-state index in [4.69, 9.17) is 14.5 Å². The number of carbonyl (C=O) groups is 1. The van der Waals surface area contributed by atoms with Gasteiger partial charge in [0.1, 0.15) is 0 Å². The maximum absolute atomic E-state index is 12.8. The topological polar surface area (TPSA) is 47.9 Å². The molecule has 0 saturated carbocycles. The Labute approximate surface area is 191 Å². The summed E-state index contributed by atoms with van der Waals surface area (Å²) in [5.41, 5.74) is 6.16. The monoisotopic (exact) mass is 477 g/mol. The van der Waals surface area contributed by atoms with Gasteiger partial charge in [-0.05, 0) is 29.2 Å². The smallest absolute Gasteiger partial charge is 0.330 e. The van der Waals surface area contributed by atoms with Gasteiger partial charge in [0.25, 0.3) is 0 Å². The van der Waals surface area contributed by atoms with E-state index in [2.05, 4.69) is 15.9 Å². The van der Waals surface area contributed by atoms with Crippen LogP contribution in [0, 0.1) is 0 Å². The molecule has 3 aromatic rings. The van der Waals surface area contributed by atoms with Crippen LogP contribution in [0.4, 0.5) is 0 Å². The van der Waals surface area contributed by atoms with Crippen molar-refractivity contribution in [1.29, 1.82) is 0 Å². The SMILES string of the molecule is COC(=O)C(Cc1ccc(Br)c2c1COCC2)N=C(c1ccccc1)c1ccccc1. The molecule has 31 heavy (non-hydrogen) atoms. The van der Waals surface area contributed by atoms with Crippen LogP contribution in [-0.2, 0) is 33.7 Å². The molecule has 0 N–H and O–H groups in total. The quantitative estimate of drug-likeness (QED) is 0.364. The first-order chi connectivity index (χ1) is 15.2. The number of rotatable bonds is 6. The van der Waals surface area contributed by atoms with Crippen LogP contribution in [0.15, 0.2) is 82.3 Å². The highest BCUT2D eigenvalue weighted by molar-refractivity contribution is 9.10. The first kappa shape index (κ1) is 21.5. The molecule has 0 radical (unpaired) electrons. The Bertz CT molecular complexity index is 1040. The van der Waals surface area contributed by atoms with Crippen LogP contribution in [0.1, 0.15) is 27.8 Å². The van der Waals surface area contributed by atoms with E-state index in [0.29, 0.717) is 19.6 Å². The Morgan fingerprint density at radius 1 is 1.00 bits per heavy atom. The first-order valence-electron chi connectivity index (χ1n) is 10.3. The molecule has 0 spiro atoms. The summed E-state index contributed by atoms with van der Waals surface area (Å²) < 4.78 is 11.9. The fraction of sp³-hybridized carbons (Fsp3) is 0.231. The fourth-order valence-electron chi connectivity index (χ4n) is 3.89. The molecule has 0 amide bonds. The predicted octanol–water partition coefficient (Wildman–Crippen LogP) is 5.14. The molecule has 0 aromatic heterocycles. The van der Waals surface area contributed by atoms with Gasteiger partial charge in [0.15, 0.2) is 6.04 Å². The number of esters is 1. The average Bonchev–Trinajstić information content (AvgIpc) is 2.84. The first-order valence-corrected chi connectivity index (χ1v) is 11.1. The summed E-state index contributed by atoms with van der Waals surface area (Å²) >= 11 is 3.65. The Hall–Kier alpha value is -2.76. The fourth-order valence-corrected chi connectivity index (χ4v) is 4.46. The molecule has 0 aliphatic carbocycles. The molecule has 1 heterocycles. The lowest BCUT2D eigenvalue weighted by molar-refractivity contribution is -0.142. The number of fused-ring (bicyclic) bond motifs is 1. The molecular weight excluding hydrogens is 454 g/mol. The normalized spacial score (nSPS) is 13.7. The Morgan fingerprint density at radius 3 is 2.26 bits per heavy atom. The number of aliphatic imine (C=N–C) groups is 1. The molecule has 1 atom stereocenters. The maximum atomic E-state index is 12.8. The maximum Gasteiger partial charge on any atom is 0.330 e. The van der Waals surface area contributed by atoms with Crippen LogP contribution < -0.4 is 0 Å². The van der Waals surface area contributed by atoms with Gasteiger partial charge in [0.05, 0.1) is 26.0 Å². The van der Waals surface area contributed by atoms with Gasteiger partial charge in [-0.3, -0.25) is 4.99 Å². The summed E-state index contributed by atoms with van der Waals surface area (Å²) in [4.78, 5) is 17.7. The Morgan fingerprint density at radius 2 is 1.65 bits per heavy atom. The van der Waals surface area contributed by atoms with Gasteiger partial charge in [0.2, 0.25) is 0 Å². The zero-order valence-corrected chi connectivity index (χ0v) is 19.0. The third-order valence-electron chi connectivity index (χ3n) is 5.48. The van der Waals surface area contributed by atoms with E-state index >= 15 is 0 Å². The van der Waals surface area contributed by atoms with Crippen molar-refractivity contribution < 1.29 is 14.3 Å². The van der Waals surface area contributed by atoms with Gasteiger partial charge in [-0.15, -0.1) is 0 Å². The van der Waals surface area contributed by atoms with Gasteiger partial charge in [0, 0.05) is 22.0 Å². The van der Waals surface area contributed by atoms with Crippen molar-refractivity contribution in [1.82, 2.24) is 0 Å². The Kier molecular flexibility index (Phi) is 6.95. The van der Waals surface area contributed by atoms with Crippen molar-refractivity contribution in [3.05, 3.63) is 105 Å². The largest absolute Gasteiger partial charge is 0.467 e. The molecule has 0 saturated heterocycles. The minimum absolute atomic E-state index is 0.349. The second kappa shape index (κ2) is 10.0. The van der Waals surface area contributed by atoms with Gasteiger partial charge < -0.3 is 9.47 Å². The molecule has 3 aromatic carbocycles. The molecule has 1 unspecified atom stereocenters. The standard InChI is InChI=1S/C26H24BrNO3/c1-30-26(29)24(16-20-12-13-23(27)21-14-15-31-17-22(20)21)28-25(18-8-4-2-5-9-18)19-10-6-3-7-11-19/h2-13,24H,14-17H2,1H3. The van der Waals surface area contributed by atoms with Crippen LogP contribution in [0.3, 0.4) is 0 Å². The van der Waals surface area contributed by atoms with Gasteiger partial charge in [-0.25, -0.2) is 4.79 Å². The van der Waals surface area contributed by atoms with Crippen LogP contribution >= 0.6 is 15.9 Å². The second-order valence-corrected chi connectivity index (χ2v) is 8.27. The van der Waals surface area contributed by atoms with Gasteiger partial charge in [-0.2, -0.15) is 0 Å². The van der Waals surface area contributed by atoms with Crippen LogP contribution in [0.2, 0.25) is 0 Å². The molecule has 0 fully saturated rings. The zero-order chi connectivity index (χ0) is 21.6. The number of hydrogen-bond donors (Lipinski definition) is 0. The highest BCUT2D eigenvalue weighted by Gasteiger charge is 2.24. The summed E-state index contributed by atoms with van der Waals surface area (Å²) in [5, 5.41) is 0. The molecular formula is C26H24BrNO3. The van der Waals surface area contributed by atoms with Gasteiger partial charge >= 0.3 is 5.97 Å². The second-order valence-electron chi connectivity index (χ2n) is 7.42. The highest BCUT2D eigenvalue weighted by Crippen LogP contribution is 2.29. The van der Waals surface area contributed by atoms with E-state index in [1.54, 1.807) is 0 Å². The predicted molar refractivity (Wildman–Crippen MR) is 126 cm³/mol. The molecule has 158 valence electrons. The third kappa shape index (κ3) is 4.94. The number of ether oxygens (including phenoxy) is 2. The number of halogens is 1. The minimum Gasteiger partial charge on any atom is -0.467 e. The van der Waals surface area contributed by atoms with E-state index < -0.39 is 6.04 Å². The van der Waals surface area contributed by atoms with Crippen molar-refractivity contribution in [2.24, 2.45) is 4.99 Å². The zero-order valence-electron chi connectivity index (χ0n) is 17.4. The van der Waals surface area contributed by atoms with Crippen molar-refractivity contribution in [2.75, 3.05) is 13.7 Å². The van der Waals surface area contributed by atoms with Crippen molar-refractivity contribution in [3.8, 4) is 0 Å². The summed E-state index contributed by atoms with van der Waals surface area (Å²) in [7, 11) is 1.41. The number of methoxy groups -OCH3 is 1. The van der Waals surface area contributed by atoms with Crippen LogP contribution in [0.25, 0.3) is 0 Å². The van der Waals surface area contributed by atoms with Crippen molar-refractivity contribution >= 4 is 27.6 Å². The number of benzene rings is 3. The van der Waals surface area contributed by atoms with Crippen molar-refractivity contribution in [2.45, 2.75) is 25.5 Å². The van der Waals surface area contributed by atoms with Gasteiger partial charge in [-0.1, -0.05) is 82.7 Å². The van der Waals surface area contributed by atoms with E-state index in [1.165, 1.54) is 12.7 Å². The summed E-state index contributed by atoms with van der Waals surface area (Å²) in [5.74, 6) is -0.349. The lowest BCUT2D eigenvalue weighted by Crippen LogP contribution is -2.26. The lowest BCUT2D eigenvalue weighted by Gasteiger charge is -2.23. The third-order valence-corrected chi connectivity index (χ3v) is 6.22. The van der Waals surface area contributed by atoms with Crippen LogP contribution in [-0.4, -0.2) is 31.4 Å². The van der Waals surface area contributed by atoms with E-state index in [0.717, 1.165) is 38.9 Å². The molecule has 5 heteroatoms. The summed E-state index contributed by atoms with van der Waals surface area (Å²) in [6.07, 6.45) is 1.31. The number of nitrogens with zero attached hydrogens (tertiary/aromatic N) is 1. The highest BCUT2D eigenvalue weighted by atomic mass is 79.9. The van der Waals surface area contributed by atoms with E-state index in [1.807, 2.05) is 72.8 Å². The molecule has 1 aliphatic heterocycles. The molecule has 4 nitrogen and oxygen atoms in total. The summed E-state index contributed by atoms with van der Waals surface area (Å²) in [6, 6.07) is 23.3. The van der Waals surface area contributed by atoms with Crippen LogP contribution in [0.5, 0.6) is 0 Å². The molecule has 4 rings (SSSR count). The van der Waals surface area contributed by atoms with Crippen molar-refractivity contribution in [3.63, 3.8) is 0 Å².